The first-order chi connectivity index (χ1) is 9.16. The van der Waals surface area contributed by atoms with Crippen LogP contribution in [0.15, 0.2) is 18.2 Å². The molecular weight excluding hydrogens is 279 g/mol. The summed E-state index contributed by atoms with van der Waals surface area (Å²) in [6.07, 6.45) is -5.98. The zero-order chi connectivity index (χ0) is 15.5. The van der Waals surface area contributed by atoms with Crippen LogP contribution in [0.3, 0.4) is 0 Å². The van der Waals surface area contributed by atoms with Crippen LogP contribution in [-0.2, 0) is 15.7 Å². The molecule has 5 nitrogen and oxygen atoms in total. The summed E-state index contributed by atoms with van der Waals surface area (Å²) in [5.74, 6) is -2.40. The van der Waals surface area contributed by atoms with Crippen LogP contribution in [-0.4, -0.2) is 25.1 Å². The summed E-state index contributed by atoms with van der Waals surface area (Å²) in [7, 11) is 1.09. The van der Waals surface area contributed by atoms with Gasteiger partial charge in [0.2, 0.25) is 5.91 Å². The van der Waals surface area contributed by atoms with Crippen molar-refractivity contribution in [2.75, 3.05) is 7.11 Å². The molecule has 0 aliphatic heterocycles. The van der Waals surface area contributed by atoms with Gasteiger partial charge in [0.1, 0.15) is 5.75 Å². The fraction of sp³-hybridized carbons (Fsp3) is 0.333. The van der Waals surface area contributed by atoms with Gasteiger partial charge in [-0.1, -0.05) is 0 Å². The summed E-state index contributed by atoms with van der Waals surface area (Å²) in [6, 6.07) is 2.58. The summed E-state index contributed by atoms with van der Waals surface area (Å²) < 4.78 is 47.9. The van der Waals surface area contributed by atoms with Crippen LogP contribution in [0.2, 0.25) is 0 Å². The Morgan fingerprint density at radius 2 is 1.90 bits per heavy atom. The molecule has 0 aliphatic rings. The van der Waals surface area contributed by atoms with E-state index >= 15 is 0 Å². The van der Waals surface area contributed by atoms with Gasteiger partial charge in [-0.3, -0.25) is 4.79 Å². The van der Waals surface area contributed by atoms with Crippen LogP contribution >= 0.6 is 0 Å². The smallest absolute Gasteiger partial charge is 0.419 e. The first kappa shape index (κ1) is 15.8. The second kappa shape index (κ2) is 5.81. The number of alkyl halides is 3. The largest absolute Gasteiger partial charge is 0.478 e. The van der Waals surface area contributed by atoms with Crippen LogP contribution in [0.25, 0.3) is 0 Å². The van der Waals surface area contributed by atoms with E-state index in [4.69, 9.17) is 10.5 Å². The fourth-order valence-electron chi connectivity index (χ4n) is 1.41. The molecule has 0 radical (unpaired) electrons. The number of nitrogens with two attached hydrogens (primary N) is 1. The molecular formula is C12H12F3NO4. The predicted octanol–water partition coefficient (Wildman–Crippen LogP) is 1.74. The Hall–Kier alpha value is -2.25. The van der Waals surface area contributed by atoms with Gasteiger partial charge in [0.15, 0.2) is 6.10 Å². The van der Waals surface area contributed by atoms with Crippen molar-refractivity contribution in [2.45, 2.75) is 19.2 Å². The Labute approximate surface area is 112 Å². The van der Waals surface area contributed by atoms with Gasteiger partial charge >= 0.3 is 12.1 Å². The SMILES string of the molecule is COC(=O)C(C)Oc1ccc(C(N)=O)cc1C(F)(F)F. The molecule has 1 aromatic carbocycles. The molecule has 1 aromatic rings. The van der Waals surface area contributed by atoms with E-state index in [0.717, 1.165) is 19.2 Å². The third kappa shape index (κ3) is 3.62. The van der Waals surface area contributed by atoms with E-state index in [0.29, 0.717) is 6.07 Å². The number of halogens is 3. The molecule has 1 atom stereocenters. The predicted molar refractivity (Wildman–Crippen MR) is 62.1 cm³/mol. The van der Waals surface area contributed by atoms with Crippen LogP contribution in [0, 0.1) is 0 Å². The molecule has 0 saturated heterocycles. The first-order valence-corrected chi connectivity index (χ1v) is 5.42. The number of ether oxygens (including phenoxy) is 2. The lowest BCUT2D eigenvalue weighted by atomic mass is 10.1. The van der Waals surface area contributed by atoms with Gasteiger partial charge < -0.3 is 15.2 Å². The molecule has 0 spiro atoms. The van der Waals surface area contributed by atoms with E-state index in [1.165, 1.54) is 6.92 Å². The first-order valence-electron chi connectivity index (χ1n) is 5.42. The maximum Gasteiger partial charge on any atom is 0.419 e. The van der Waals surface area contributed by atoms with Crippen molar-refractivity contribution in [2.24, 2.45) is 5.73 Å². The summed E-state index contributed by atoms with van der Waals surface area (Å²) in [5, 5.41) is 0. The zero-order valence-corrected chi connectivity index (χ0v) is 10.7. The molecule has 0 fully saturated rings. The molecule has 1 rings (SSSR count). The molecule has 110 valence electrons. The minimum absolute atomic E-state index is 0.310. The zero-order valence-electron chi connectivity index (χ0n) is 10.7. The molecule has 0 heterocycles. The average molecular weight is 291 g/mol. The highest BCUT2D eigenvalue weighted by Crippen LogP contribution is 2.37. The summed E-state index contributed by atoms with van der Waals surface area (Å²) in [4.78, 5) is 22.1. The minimum Gasteiger partial charge on any atom is -0.478 e. The van der Waals surface area contributed by atoms with Crippen molar-refractivity contribution < 1.29 is 32.2 Å². The van der Waals surface area contributed by atoms with Gasteiger partial charge in [-0.15, -0.1) is 0 Å². The topological polar surface area (TPSA) is 78.6 Å². The second-order valence-electron chi connectivity index (χ2n) is 3.86. The van der Waals surface area contributed by atoms with Gasteiger partial charge in [0.25, 0.3) is 0 Å². The quantitative estimate of drug-likeness (QED) is 0.857. The third-order valence-corrected chi connectivity index (χ3v) is 2.41. The average Bonchev–Trinajstić information content (AvgIpc) is 2.36. The van der Waals surface area contributed by atoms with Crippen molar-refractivity contribution in [3.63, 3.8) is 0 Å². The van der Waals surface area contributed by atoms with Gasteiger partial charge in [0, 0.05) is 5.56 Å². The van der Waals surface area contributed by atoms with E-state index in [2.05, 4.69) is 4.74 Å². The number of primary amides is 1. The second-order valence-corrected chi connectivity index (χ2v) is 3.86. The van der Waals surface area contributed by atoms with Crippen molar-refractivity contribution in [3.05, 3.63) is 29.3 Å². The number of rotatable bonds is 4. The number of carbonyl (C=O) groups is 2. The molecule has 0 saturated carbocycles. The standard InChI is InChI=1S/C12H12F3NO4/c1-6(11(18)19-2)20-9-4-3-7(10(16)17)5-8(9)12(13,14)15/h3-6H,1-2H3,(H2,16,17). The number of carbonyl (C=O) groups excluding carboxylic acids is 2. The van der Waals surface area contributed by atoms with Crippen molar-refractivity contribution >= 4 is 11.9 Å². The van der Waals surface area contributed by atoms with Gasteiger partial charge in [-0.05, 0) is 25.1 Å². The van der Waals surface area contributed by atoms with Crippen LogP contribution in [0.4, 0.5) is 13.2 Å². The molecule has 2 N–H and O–H groups in total. The molecule has 0 aliphatic carbocycles. The van der Waals surface area contributed by atoms with Gasteiger partial charge in [0.05, 0.1) is 12.7 Å². The number of hydrogen-bond acceptors (Lipinski definition) is 4. The van der Waals surface area contributed by atoms with E-state index in [1.807, 2.05) is 0 Å². The normalized spacial score (nSPS) is 12.7. The van der Waals surface area contributed by atoms with E-state index in [1.54, 1.807) is 0 Å². The molecule has 8 heteroatoms. The van der Waals surface area contributed by atoms with Crippen LogP contribution < -0.4 is 10.5 Å². The number of benzene rings is 1. The van der Waals surface area contributed by atoms with Gasteiger partial charge in [-0.2, -0.15) is 13.2 Å². The summed E-state index contributed by atoms with van der Waals surface area (Å²) >= 11 is 0. The molecule has 1 unspecified atom stereocenters. The number of esters is 1. The molecule has 20 heavy (non-hydrogen) atoms. The van der Waals surface area contributed by atoms with Crippen LogP contribution in [0.5, 0.6) is 5.75 Å². The maximum atomic E-state index is 12.9. The van der Waals surface area contributed by atoms with Crippen LogP contribution in [0.1, 0.15) is 22.8 Å². The molecule has 1 amide bonds. The molecule has 0 aromatic heterocycles. The molecule has 0 bridgehead atoms. The van der Waals surface area contributed by atoms with Gasteiger partial charge in [-0.25, -0.2) is 4.79 Å². The summed E-state index contributed by atoms with van der Waals surface area (Å²) in [5.41, 5.74) is 3.43. The van der Waals surface area contributed by atoms with Crippen molar-refractivity contribution in [1.29, 1.82) is 0 Å². The van der Waals surface area contributed by atoms with E-state index < -0.39 is 35.5 Å². The highest BCUT2D eigenvalue weighted by Gasteiger charge is 2.36. The lowest BCUT2D eigenvalue weighted by molar-refractivity contribution is -0.150. The number of methoxy groups -OCH3 is 1. The minimum atomic E-state index is -4.75. The number of amides is 1. The maximum absolute atomic E-state index is 12.9. The lowest BCUT2D eigenvalue weighted by Crippen LogP contribution is -2.26. The van der Waals surface area contributed by atoms with Crippen molar-refractivity contribution in [3.8, 4) is 5.75 Å². The number of hydrogen-bond donors (Lipinski definition) is 1. The summed E-state index contributed by atoms with van der Waals surface area (Å²) in [6.45, 7) is 1.24. The highest BCUT2D eigenvalue weighted by atomic mass is 19.4. The monoisotopic (exact) mass is 291 g/mol. The fourth-order valence-corrected chi connectivity index (χ4v) is 1.41. The Morgan fingerprint density at radius 1 is 1.30 bits per heavy atom. The highest BCUT2D eigenvalue weighted by molar-refractivity contribution is 5.93. The Kier molecular flexibility index (Phi) is 4.59. The van der Waals surface area contributed by atoms with E-state index in [-0.39, 0.29) is 5.56 Å². The Bertz CT molecular complexity index is 528. The Balaban J connectivity index is 3.19. The third-order valence-electron chi connectivity index (χ3n) is 2.41. The Morgan fingerprint density at radius 3 is 2.35 bits per heavy atom. The van der Waals surface area contributed by atoms with Crippen molar-refractivity contribution in [1.82, 2.24) is 0 Å². The lowest BCUT2D eigenvalue weighted by Gasteiger charge is -2.17. The van der Waals surface area contributed by atoms with E-state index in [9.17, 15) is 22.8 Å².